The van der Waals surface area contributed by atoms with Crippen LogP contribution in [0, 0.1) is 5.92 Å². The van der Waals surface area contributed by atoms with Gasteiger partial charge in [0.25, 0.3) is 0 Å². The van der Waals surface area contributed by atoms with E-state index in [4.69, 9.17) is 10.5 Å². The Kier molecular flexibility index (Phi) is 14.6. The van der Waals surface area contributed by atoms with Gasteiger partial charge in [-0.25, -0.2) is 9.59 Å². The number of aliphatic hydroxyl groups excluding tert-OH is 1. The third kappa shape index (κ3) is 14.0. The van der Waals surface area contributed by atoms with Gasteiger partial charge in [-0.05, 0) is 56.2 Å². The van der Waals surface area contributed by atoms with Crippen LogP contribution in [0.25, 0.3) is 0 Å². The van der Waals surface area contributed by atoms with E-state index >= 15 is 0 Å². The summed E-state index contributed by atoms with van der Waals surface area (Å²) in [4.78, 5) is 54.2. The smallest absolute Gasteiger partial charge is 0.407 e. The number of carbonyl (C=O) groups is 4. The Bertz CT molecular complexity index is 1480. The third-order valence-electron chi connectivity index (χ3n) is 7.64. The van der Waals surface area contributed by atoms with Crippen molar-refractivity contribution in [2.75, 3.05) is 6.54 Å². The minimum Gasteiger partial charge on any atom is -0.444 e. The summed E-state index contributed by atoms with van der Waals surface area (Å²) in [5.41, 5.74) is 7.39. The molecular formula is C38H51N5O6. The van der Waals surface area contributed by atoms with Crippen molar-refractivity contribution in [3.8, 4) is 0 Å². The average Bonchev–Trinajstić information content (AvgIpc) is 3.03. The summed E-state index contributed by atoms with van der Waals surface area (Å²) < 4.78 is 5.47. The molecule has 264 valence electrons. The lowest BCUT2D eigenvalue weighted by Crippen LogP contribution is -2.57. The van der Waals surface area contributed by atoms with Crippen LogP contribution in [0.2, 0.25) is 0 Å². The maximum atomic E-state index is 14.0. The molecule has 0 spiro atoms. The van der Waals surface area contributed by atoms with Crippen molar-refractivity contribution in [3.63, 3.8) is 0 Å². The first-order valence-corrected chi connectivity index (χ1v) is 16.6. The number of nitrogens with two attached hydrogens (primary N) is 1. The Balaban J connectivity index is 1.85. The van der Waals surface area contributed by atoms with Gasteiger partial charge in [-0.1, -0.05) is 105 Å². The number of hydrogen-bond acceptors (Lipinski definition) is 6. The van der Waals surface area contributed by atoms with Gasteiger partial charge in [0.2, 0.25) is 11.8 Å². The SMILES string of the molecule is CC(C)C[C@H](NC(=O)N(Cc1ccccc1)C[C@@H](O)[C@H](Cc1ccccc1)NC(=O)OC(C)(C)C)C(=O)N[C@@H](Cc1ccccc1)C(N)=O. The van der Waals surface area contributed by atoms with E-state index < -0.39 is 53.8 Å². The number of nitrogens with one attached hydrogen (secondary N) is 3. The van der Waals surface area contributed by atoms with Crippen LogP contribution in [0.5, 0.6) is 0 Å². The van der Waals surface area contributed by atoms with Crippen LogP contribution in [0.15, 0.2) is 91.0 Å². The molecule has 0 heterocycles. The highest BCUT2D eigenvalue weighted by atomic mass is 16.6. The number of nitrogens with zero attached hydrogens (tertiary/aromatic N) is 1. The number of aliphatic hydroxyl groups is 1. The molecule has 0 unspecified atom stereocenters. The summed E-state index contributed by atoms with van der Waals surface area (Å²) in [6.07, 6.45) is -1.16. The third-order valence-corrected chi connectivity index (χ3v) is 7.64. The number of alkyl carbamates (subject to hydrolysis) is 1. The van der Waals surface area contributed by atoms with E-state index in [1.807, 2.05) is 105 Å². The van der Waals surface area contributed by atoms with Crippen LogP contribution in [-0.4, -0.2) is 70.3 Å². The van der Waals surface area contributed by atoms with Crippen molar-refractivity contribution in [1.29, 1.82) is 0 Å². The standard InChI is InChI=1S/C38H51N5O6/c1-26(2)21-32(35(46)40-31(34(39)45)23-28-17-11-7-12-18-28)41-36(47)43(24-29-19-13-8-14-20-29)25-33(44)30(22-27-15-9-6-10-16-27)42-37(48)49-38(3,4)5/h6-20,26,30-33,44H,21-25H2,1-5H3,(H2,39,45)(H,40,46)(H,41,47)(H,42,48)/t30-,31-,32-,33+/m0/s1. The second-order valence-electron chi connectivity index (χ2n) is 13.7. The molecule has 0 radical (unpaired) electrons. The van der Waals surface area contributed by atoms with E-state index in [1.165, 1.54) is 4.90 Å². The van der Waals surface area contributed by atoms with Gasteiger partial charge < -0.3 is 36.4 Å². The van der Waals surface area contributed by atoms with Gasteiger partial charge in [0.05, 0.1) is 18.7 Å². The predicted molar refractivity (Wildman–Crippen MR) is 189 cm³/mol. The van der Waals surface area contributed by atoms with Crippen LogP contribution in [-0.2, 0) is 33.7 Å². The number of ether oxygens (including phenoxy) is 1. The van der Waals surface area contributed by atoms with Gasteiger partial charge in [0, 0.05) is 13.0 Å². The summed E-state index contributed by atoms with van der Waals surface area (Å²) in [6, 6.07) is 24.4. The van der Waals surface area contributed by atoms with Gasteiger partial charge in [-0.15, -0.1) is 0 Å². The molecule has 0 bridgehead atoms. The molecule has 0 aliphatic heterocycles. The summed E-state index contributed by atoms with van der Waals surface area (Å²) in [7, 11) is 0. The maximum absolute atomic E-state index is 14.0. The summed E-state index contributed by atoms with van der Waals surface area (Å²) in [5, 5.41) is 20.0. The molecule has 6 N–H and O–H groups in total. The Morgan fingerprint density at radius 2 is 1.27 bits per heavy atom. The fourth-order valence-corrected chi connectivity index (χ4v) is 5.27. The van der Waals surface area contributed by atoms with Gasteiger partial charge in [0.1, 0.15) is 17.7 Å². The normalized spacial score (nSPS) is 13.8. The largest absolute Gasteiger partial charge is 0.444 e. The Hall–Kier alpha value is -4.90. The highest BCUT2D eigenvalue weighted by Gasteiger charge is 2.31. The zero-order valence-electron chi connectivity index (χ0n) is 29.1. The van der Waals surface area contributed by atoms with Crippen LogP contribution in [0.1, 0.15) is 57.7 Å². The summed E-state index contributed by atoms with van der Waals surface area (Å²) in [5.74, 6) is -1.23. The van der Waals surface area contributed by atoms with E-state index in [2.05, 4.69) is 16.0 Å². The Morgan fingerprint density at radius 3 is 1.76 bits per heavy atom. The Morgan fingerprint density at radius 1 is 0.755 bits per heavy atom. The molecule has 0 saturated carbocycles. The molecule has 3 rings (SSSR count). The van der Waals surface area contributed by atoms with E-state index in [0.29, 0.717) is 0 Å². The summed E-state index contributed by atoms with van der Waals surface area (Å²) >= 11 is 0. The second-order valence-corrected chi connectivity index (χ2v) is 13.7. The minimum atomic E-state index is -1.22. The maximum Gasteiger partial charge on any atom is 0.407 e. The first-order valence-electron chi connectivity index (χ1n) is 16.6. The van der Waals surface area contributed by atoms with Crippen LogP contribution in [0.4, 0.5) is 9.59 Å². The molecule has 4 atom stereocenters. The number of urea groups is 1. The summed E-state index contributed by atoms with van der Waals surface area (Å²) in [6.45, 7) is 9.02. The van der Waals surface area contributed by atoms with Gasteiger partial charge >= 0.3 is 12.1 Å². The molecule has 0 aliphatic rings. The second kappa shape index (κ2) is 18.6. The molecule has 0 fully saturated rings. The Labute approximate surface area is 289 Å². The van der Waals surface area contributed by atoms with Gasteiger partial charge in [-0.3, -0.25) is 9.59 Å². The molecule has 3 aromatic carbocycles. The van der Waals surface area contributed by atoms with Crippen molar-refractivity contribution >= 4 is 23.9 Å². The number of amides is 5. The van der Waals surface area contributed by atoms with Crippen molar-refractivity contribution < 1.29 is 29.0 Å². The van der Waals surface area contributed by atoms with E-state index in [9.17, 15) is 24.3 Å². The molecule has 0 aromatic heterocycles. The lowest BCUT2D eigenvalue weighted by Gasteiger charge is -2.32. The molecular weight excluding hydrogens is 622 g/mol. The van der Waals surface area contributed by atoms with Crippen molar-refractivity contribution in [3.05, 3.63) is 108 Å². The minimum absolute atomic E-state index is 0.0126. The molecule has 11 nitrogen and oxygen atoms in total. The van der Waals surface area contributed by atoms with Crippen LogP contribution >= 0.6 is 0 Å². The highest BCUT2D eigenvalue weighted by molar-refractivity contribution is 5.91. The molecule has 5 amide bonds. The highest BCUT2D eigenvalue weighted by Crippen LogP contribution is 2.15. The van der Waals surface area contributed by atoms with Crippen LogP contribution in [0.3, 0.4) is 0 Å². The van der Waals surface area contributed by atoms with Gasteiger partial charge in [0.15, 0.2) is 0 Å². The fourth-order valence-electron chi connectivity index (χ4n) is 5.27. The lowest BCUT2D eigenvalue weighted by atomic mass is 10.0. The quantitative estimate of drug-likeness (QED) is 0.152. The van der Waals surface area contributed by atoms with Crippen molar-refractivity contribution in [2.24, 2.45) is 11.7 Å². The topological polar surface area (TPSA) is 163 Å². The number of hydrogen-bond donors (Lipinski definition) is 5. The molecule has 49 heavy (non-hydrogen) atoms. The molecule has 3 aromatic rings. The van der Waals surface area contributed by atoms with Crippen molar-refractivity contribution in [2.45, 2.75) is 90.3 Å². The number of primary amides is 1. The molecule has 11 heteroatoms. The number of carbonyl (C=O) groups excluding carboxylic acids is 4. The monoisotopic (exact) mass is 673 g/mol. The fraction of sp³-hybridized carbons (Fsp3) is 0.421. The zero-order valence-corrected chi connectivity index (χ0v) is 29.1. The van der Waals surface area contributed by atoms with E-state index in [0.717, 1.165) is 16.7 Å². The number of benzene rings is 3. The van der Waals surface area contributed by atoms with E-state index in [1.54, 1.807) is 20.8 Å². The number of rotatable bonds is 16. The zero-order chi connectivity index (χ0) is 36.0. The molecule has 0 aliphatic carbocycles. The lowest BCUT2D eigenvalue weighted by molar-refractivity contribution is -0.128. The first kappa shape index (κ1) is 38.5. The first-order chi connectivity index (χ1) is 23.2. The molecule has 0 saturated heterocycles. The van der Waals surface area contributed by atoms with Crippen molar-refractivity contribution in [1.82, 2.24) is 20.9 Å². The predicted octanol–water partition coefficient (Wildman–Crippen LogP) is 4.32. The average molecular weight is 674 g/mol. The van der Waals surface area contributed by atoms with Gasteiger partial charge in [-0.2, -0.15) is 0 Å². The van der Waals surface area contributed by atoms with E-state index in [-0.39, 0.29) is 38.3 Å². The van der Waals surface area contributed by atoms with Crippen LogP contribution < -0.4 is 21.7 Å².